The predicted molar refractivity (Wildman–Crippen MR) is 122 cm³/mol. The van der Waals surface area contributed by atoms with E-state index in [9.17, 15) is 0 Å². The van der Waals surface area contributed by atoms with Crippen LogP contribution in [0.2, 0.25) is 0 Å². The summed E-state index contributed by atoms with van der Waals surface area (Å²) in [6.45, 7) is 0.421. The lowest BCUT2D eigenvalue weighted by Gasteiger charge is -2.13. The molecule has 0 bridgehead atoms. The summed E-state index contributed by atoms with van der Waals surface area (Å²) in [6.07, 6.45) is 12.1. The third kappa shape index (κ3) is 4.85. The average Bonchev–Trinajstić information content (AvgIpc) is 3.19. The zero-order valence-corrected chi connectivity index (χ0v) is 16.9. The first-order chi connectivity index (χ1) is 14.7. The molecule has 1 atom stereocenters. The van der Waals surface area contributed by atoms with Gasteiger partial charge in [0.25, 0.3) is 0 Å². The zero-order valence-electron chi connectivity index (χ0n) is 16.9. The molecule has 0 spiro atoms. The molecule has 152 valence electrons. The molecule has 1 aromatic carbocycles. The van der Waals surface area contributed by atoms with Gasteiger partial charge in [0, 0.05) is 42.6 Å². The molecule has 0 radical (unpaired) electrons. The van der Waals surface area contributed by atoms with Gasteiger partial charge in [-0.1, -0.05) is 30.4 Å². The smallest absolute Gasteiger partial charge is 0.138 e. The molecule has 0 aliphatic carbocycles. The molecule has 0 fully saturated rings. The van der Waals surface area contributed by atoms with E-state index in [1.54, 1.807) is 18.6 Å². The van der Waals surface area contributed by atoms with Crippen molar-refractivity contribution in [3.05, 3.63) is 83.9 Å². The van der Waals surface area contributed by atoms with E-state index in [0.717, 1.165) is 28.9 Å². The van der Waals surface area contributed by atoms with Crippen molar-refractivity contribution in [2.45, 2.75) is 12.5 Å². The Morgan fingerprint density at radius 2 is 2.00 bits per heavy atom. The molecule has 4 N–H and O–H groups in total. The van der Waals surface area contributed by atoms with Crippen molar-refractivity contribution in [2.24, 2.45) is 5.73 Å². The van der Waals surface area contributed by atoms with Crippen LogP contribution in [0.5, 0.6) is 5.75 Å². The number of hydrogen-bond acceptors (Lipinski definition) is 5. The average molecular weight is 399 g/mol. The molecule has 0 saturated carbocycles. The maximum absolute atomic E-state index is 6.32. The summed E-state index contributed by atoms with van der Waals surface area (Å²) >= 11 is 0. The molecule has 30 heavy (non-hydrogen) atoms. The highest BCUT2D eigenvalue weighted by atomic mass is 16.5. The molecule has 0 saturated heterocycles. The van der Waals surface area contributed by atoms with Crippen LogP contribution < -0.4 is 15.8 Å². The summed E-state index contributed by atoms with van der Waals surface area (Å²) in [7, 11) is 1.85. The van der Waals surface area contributed by atoms with Crippen molar-refractivity contribution < 1.29 is 4.74 Å². The number of rotatable bonds is 8. The van der Waals surface area contributed by atoms with Gasteiger partial charge in [-0.2, -0.15) is 0 Å². The number of nitrogens with two attached hydrogens (primary N) is 1. The number of aromatic amines is 1. The van der Waals surface area contributed by atoms with Crippen LogP contribution in [0.15, 0.2) is 67.3 Å². The van der Waals surface area contributed by atoms with Crippen LogP contribution in [0, 0.1) is 0 Å². The lowest BCUT2D eigenvalue weighted by Crippen LogP contribution is -2.30. The van der Waals surface area contributed by atoms with Gasteiger partial charge in [-0.15, -0.1) is 0 Å². The molecule has 6 nitrogen and oxygen atoms in total. The van der Waals surface area contributed by atoms with Crippen LogP contribution >= 0.6 is 0 Å². The Labute approximate surface area is 175 Å². The highest BCUT2D eigenvalue weighted by Crippen LogP contribution is 2.19. The van der Waals surface area contributed by atoms with Crippen LogP contribution in [-0.4, -0.2) is 34.6 Å². The molecule has 3 aromatic heterocycles. The molecular weight excluding hydrogens is 374 g/mol. The molecule has 6 heteroatoms. The van der Waals surface area contributed by atoms with E-state index in [1.807, 2.05) is 55.7 Å². The number of ether oxygens (including phenoxy) is 1. The van der Waals surface area contributed by atoms with Gasteiger partial charge in [0.15, 0.2) is 0 Å². The Kier molecular flexibility index (Phi) is 6.06. The molecular formula is C24H25N5O. The van der Waals surface area contributed by atoms with Crippen molar-refractivity contribution in [3.8, 4) is 5.75 Å². The molecule has 0 amide bonds. The number of aromatic nitrogens is 3. The summed E-state index contributed by atoms with van der Waals surface area (Å²) in [4.78, 5) is 11.8. The fourth-order valence-corrected chi connectivity index (χ4v) is 3.33. The Morgan fingerprint density at radius 3 is 2.90 bits per heavy atom. The summed E-state index contributed by atoms with van der Waals surface area (Å²) in [6, 6.07) is 14.0. The number of anilines is 1. The summed E-state index contributed by atoms with van der Waals surface area (Å²) in [5.41, 5.74) is 10.7. The van der Waals surface area contributed by atoms with E-state index < -0.39 is 0 Å². The Balaban J connectivity index is 1.36. The predicted octanol–water partition coefficient (Wildman–Crippen LogP) is 4.12. The van der Waals surface area contributed by atoms with Crippen LogP contribution in [0.3, 0.4) is 0 Å². The zero-order chi connectivity index (χ0) is 20.8. The van der Waals surface area contributed by atoms with Gasteiger partial charge >= 0.3 is 0 Å². The summed E-state index contributed by atoms with van der Waals surface area (Å²) in [5, 5.41) is 4.24. The first-order valence-corrected chi connectivity index (χ1v) is 9.91. The van der Waals surface area contributed by atoms with E-state index in [0.29, 0.717) is 12.4 Å². The summed E-state index contributed by atoms with van der Waals surface area (Å²) in [5.74, 6) is 1.54. The number of para-hydroxylation sites is 1. The SMILES string of the molecule is CNc1cc(C=Cc2cncc(OC[C@@H](N)Cc3c[nH]c4ccccc34)c2)ccn1. The summed E-state index contributed by atoms with van der Waals surface area (Å²) < 4.78 is 5.91. The van der Waals surface area contributed by atoms with Crippen LogP contribution in [0.1, 0.15) is 16.7 Å². The largest absolute Gasteiger partial charge is 0.490 e. The second kappa shape index (κ2) is 9.24. The lowest BCUT2D eigenvalue weighted by molar-refractivity contribution is 0.287. The first-order valence-electron chi connectivity index (χ1n) is 9.91. The van der Waals surface area contributed by atoms with E-state index >= 15 is 0 Å². The molecule has 0 unspecified atom stereocenters. The van der Waals surface area contributed by atoms with Gasteiger partial charge in [0.1, 0.15) is 18.2 Å². The monoisotopic (exact) mass is 399 g/mol. The highest BCUT2D eigenvalue weighted by Gasteiger charge is 2.10. The standard InChI is InChI=1S/C24H25N5O/c1-26-24-11-17(8-9-28-24)6-7-18-10-21(15-27-13-18)30-16-20(25)12-19-14-29-23-5-3-2-4-22(19)23/h2-11,13-15,20,29H,12,16,25H2,1H3,(H,26,28)/t20-/m0/s1. The molecule has 4 rings (SSSR count). The Morgan fingerprint density at radius 1 is 1.13 bits per heavy atom. The Bertz CT molecular complexity index is 1150. The number of hydrogen-bond donors (Lipinski definition) is 3. The fourth-order valence-electron chi connectivity index (χ4n) is 3.33. The van der Waals surface area contributed by atoms with Crippen LogP contribution in [-0.2, 0) is 6.42 Å². The third-order valence-electron chi connectivity index (χ3n) is 4.86. The lowest BCUT2D eigenvalue weighted by atomic mass is 10.1. The van der Waals surface area contributed by atoms with Crippen molar-refractivity contribution in [1.82, 2.24) is 15.0 Å². The third-order valence-corrected chi connectivity index (χ3v) is 4.86. The number of benzene rings is 1. The van der Waals surface area contributed by atoms with Gasteiger partial charge in [0.2, 0.25) is 0 Å². The van der Waals surface area contributed by atoms with Gasteiger partial charge in [0.05, 0.1) is 6.20 Å². The van der Waals surface area contributed by atoms with E-state index in [4.69, 9.17) is 10.5 Å². The number of H-pyrrole nitrogens is 1. The normalized spacial score (nSPS) is 12.3. The number of pyridine rings is 2. The molecule has 0 aliphatic rings. The minimum absolute atomic E-state index is 0.111. The highest BCUT2D eigenvalue weighted by molar-refractivity contribution is 5.83. The van der Waals surface area contributed by atoms with Gasteiger partial charge in [-0.25, -0.2) is 4.98 Å². The van der Waals surface area contributed by atoms with E-state index in [2.05, 4.69) is 32.4 Å². The minimum atomic E-state index is -0.111. The molecule has 4 aromatic rings. The quantitative estimate of drug-likeness (QED) is 0.415. The van der Waals surface area contributed by atoms with Crippen molar-refractivity contribution in [2.75, 3.05) is 19.0 Å². The van der Waals surface area contributed by atoms with Crippen molar-refractivity contribution in [3.63, 3.8) is 0 Å². The van der Waals surface area contributed by atoms with Gasteiger partial charge in [-0.05, 0) is 47.4 Å². The second-order valence-electron chi connectivity index (χ2n) is 7.15. The number of nitrogens with zero attached hydrogens (tertiary/aromatic N) is 2. The van der Waals surface area contributed by atoms with E-state index in [1.165, 1.54) is 10.9 Å². The molecule has 3 heterocycles. The van der Waals surface area contributed by atoms with Gasteiger partial charge in [-0.3, -0.25) is 4.98 Å². The van der Waals surface area contributed by atoms with Crippen molar-refractivity contribution in [1.29, 1.82) is 0 Å². The maximum atomic E-state index is 6.32. The van der Waals surface area contributed by atoms with Gasteiger partial charge < -0.3 is 20.8 Å². The fraction of sp³-hybridized carbons (Fsp3) is 0.167. The topological polar surface area (TPSA) is 88.9 Å². The minimum Gasteiger partial charge on any atom is -0.490 e. The van der Waals surface area contributed by atoms with Crippen molar-refractivity contribution >= 4 is 28.9 Å². The Hall–Kier alpha value is -3.64. The van der Waals surface area contributed by atoms with Crippen LogP contribution in [0.4, 0.5) is 5.82 Å². The first kappa shape index (κ1) is 19.7. The number of fused-ring (bicyclic) bond motifs is 1. The molecule has 0 aliphatic heterocycles. The van der Waals surface area contributed by atoms with Crippen LogP contribution in [0.25, 0.3) is 23.1 Å². The maximum Gasteiger partial charge on any atom is 0.138 e. The number of nitrogens with one attached hydrogen (secondary N) is 2. The van der Waals surface area contributed by atoms with E-state index in [-0.39, 0.29) is 6.04 Å². The second-order valence-corrected chi connectivity index (χ2v) is 7.15.